The van der Waals surface area contributed by atoms with Gasteiger partial charge < -0.3 is 5.32 Å². The number of amides is 1. The summed E-state index contributed by atoms with van der Waals surface area (Å²) in [6.45, 7) is 2.58. The average molecular weight is 325 g/mol. The third kappa shape index (κ3) is 4.73. The van der Waals surface area contributed by atoms with Crippen LogP contribution in [0.2, 0.25) is 10.0 Å². The van der Waals surface area contributed by atoms with Crippen molar-refractivity contribution < 1.29 is 4.79 Å². The fourth-order valence-electron chi connectivity index (χ4n) is 1.15. The van der Waals surface area contributed by atoms with Gasteiger partial charge in [-0.25, -0.2) is 0 Å². The fourth-order valence-corrected chi connectivity index (χ4v) is 1.63. The molecule has 0 aromatic heterocycles. The van der Waals surface area contributed by atoms with Gasteiger partial charge in [-0.15, -0.1) is 0 Å². The Balaban J connectivity index is 2.53. The maximum atomic E-state index is 11.5. The summed E-state index contributed by atoms with van der Waals surface area (Å²) in [5.74, 6) is -0.0234. The van der Waals surface area contributed by atoms with Crippen molar-refractivity contribution in [2.24, 2.45) is 0 Å². The molecule has 0 bridgehead atoms. The average Bonchev–Trinajstić information content (AvgIpc) is 2.21. The Labute approximate surface area is 113 Å². The molecule has 5 heteroatoms. The molecule has 16 heavy (non-hydrogen) atoms. The second kappa shape index (κ2) is 6.48. The molecule has 2 nitrogen and oxygen atoms in total. The molecule has 0 saturated heterocycles. The van der Waals surface area contributed by atoms with E-state index < -0.39 is 0 Å². The molecule has 0 spiro atoms. The number of halogens is 3. The highest BCUT2D eigenvalue weighted by Crippen LogP contribution is 2.22. The zero-order valence-electron chi connectivity index (χ0n) is 8.77. The monoisotopic (exact) mass is 323 g/mol. The van der Waals surface area contributed by atoms with Crippen molar-refractivity contribution in [3.05, 3.63) is 33.8 Å². The molecule has 1 amide bonds. The molecular formula is C11H12BrCl2NO. The summed E-state index contributed by atoms with van der Waals surface area (Å²) < 4.78 is 0. The highest BCUT2D eigenvalue weighted by Gasteiger charge is 2.06. The summed E-state index contributed by atoms with van der Waals surface area (Å²) >= 11 is 15.0. The number of alkyl halides is 1. The van der Waals surface area contributed by atoms with Gasteiger partial charge >= 0.3 is 0 Å². The molecule has 0 aliphatic carbocycles. The van der Waals surface area contributed by atoms with E-state index in [4.69, 9.17) is 23.2 Å². The van der Waals surface area contributed by atoms with Crippen LogP contribution in [-0.2, 0) is 11.2 Å². The molecule has 1 aromatic carbocycles. The van der Waals surface area contributed by atoms with Gasteiger partial charge in [0.2, 0.25) is 5.91 Å². The van der Waals surface area contributed by atoms with E-state index in [0.29, 0.717) is 23.0 Å². The molecule has 0 aliphatic rings. The number of nitrogens with one attached hydrogen (secondary N) is 1. The number of carbonyl (C=O) groups excluding carboxylic acids is 1. The minimum Gasteiger partial charge on any atom is -0.355 e. The van der Waals surface area contributed by atoms with Crippen molar-refractivity contribution in [3.63, 3.8) is 0 Å². The summed E-state index contributed by atoms with van der Waals surface area (Å²) in [5.41, 5.74) is 0.856. The first-order valence-electron chi connectivity index (χ1n) is 4.83. The van der Waals surface area contributed by atoms with E-state index in [1.54, 1.807) is 18.2 Å². The van der Waals surface area contributed by atoms with Crippen LogP contribution in [-0.4, -0.2) is 17.3 Å². The van der Waals surface area contributed by atoms with Crippen molar-refractivity contribution in [1.29, 1.82) is 0 Å². The molecule has 0 saturated carbocycles. The van der Waals surface area contributed by atoms with Crippen molar-refractivity contribution >= 4 is 45.0 Å². The Morgan fingerprint density at radius 2 is 2.12 bits per heavy atom. The number of carbonyl (C=O) groups is 1. The largest absolute Gasteiger partial charge is 0.355 e. The first kappa shape index (κ1) is 13.8. The molecule has 1 atom stereocenters. The Bertz CT molecular complexity index is 382. The number of benzene rings is 1. The van der Waals surface area contributed by atoms with Crippen LogP contribution in [0.15, 0.2) is 18.2 Å². The lowest BCUT2D eigenvalue weighted by molar-refractivity contribution is -0.120. The highest BCUT2D eigenvalue weighted by molar-refractivity contribution is 9.09. The van der Waals surface area contributed by atoms with Gasteiger partial charge in [0, 0.05) is 11.4 Å². The third-order valence-electron chi connectivity index (χ3n) is 1.93. The number of hydrogen-bond donors (Lipinski definition) is 1. The van der Waals surface area contributed by atoms with Crippen LogP contribution in [0.5, 0.6) is 0 Å². The van der Waals surface area contributed by atoms with Crippen LogP contribution < -0.4 is 5.32 Å². The van der Waals surface area contributed by atoms with Crippen LogP contribution >= 0.6 is 39.1 Å². The lowest BCUT2D eigenvalue weighted by atomic mass is 10.1. The van der Waals surface area contributed by atoms with Crippen molar-refractivity contribution in [3.8, 4) is 0 Å². The van der Waals surface area contributed by atoms with E-state index >= 15 is 0 Å². The summed E-state index contributed by atoms with van der Waals surface area (Å²) in [7, 11) is 0. The lowest BCUT2D eigenvalue weighted by Gasteiger charge is -2.07. The first-order chi connectivity index (χ1) is 7.49. The van der Waals surface area contributed by atoms with E-state index in [1.165, 1.54) is 0 Å². The molecule has 0 fully saturated rings. The van der Waals surface area contributed by atoms with Gasteiger partial charge in [-0.2, -0.15) is 0 Å². The van der Waals surface area contributed by atoms with Gasteiger partial charge in [0.05, 0.1) is 16.5 Å². The highest BCUT2D eigenvalue weighted by atomic mass is 79.9. The zero-order chi connectivity index (χ0) is 12.1. The predicted octanol–water partition coefficient (Wildman–Crippen LogP) is 3.44. The van der Waals surface area contributed by atoms with Crippen molar-refractivity contribution in [2.75, 3.05) is 6.54 Å². The second-order valence-corrected chi connectivity index (χ2v) is 5.89. The predicted molar refractivity (Wildman–Crippen MR) is 71.6 cm³/mol. The Hall–Kier alpha value is -0.250. The summed E-state index contributed by atoms with van der Waals surface area (Å²) in [5, 5.41) is 3.78. The third-order valence-corrected chi connectivity index (χ3v) is 2.99. The quantitative estimate of drug-likeness (QED) is 0.845. The molecule has 1 aromatic rings. The molecule has 0 heterocycles. The van der Waals surface area contributed by atoms with Crippen molar-refractivity contribution in [2.45, 2.75) is 18.2 Å². The van der Waals surface area contributed by atoms with E-state index in [9.17, 15) is 4.79 Å². The Morgan fingerprint density at radius 3 is 2.69 bits per heavy atom. The molecular weight excluding hydrogens is 313 g/mol. The van der Waals surface area contributed by atoms with Gasteiger partial charge in [-0.05, 0) is 17.7 Å². The topological polar surface area (TPSA) is 29.1 Å². The smallest absolute Gasteiger partial charge is 0.224 e. The SMILES string of the molecule is CC(Br)CNC(=O)Cc1ccc(Cl)c(Cl)c1. The van der Waals surface area contributed by atoms with E-state index in [1.807, 2.05) is 6.92 Å². The summed E-state index contributed by atoms with van der Waals surface area (Å²) in [6.07, 6.45) is 0.316. The molecule has 0 aliphatic heterocycles. The van der Waals surface area contributed by atoms with Crippen LogP contribution in [0.3, 0.4) is 0 Å². The lowest BCUT2D eigenvalue weighted by Crippen LogP contribution is -2.29. The van der Waals surface area contributed by atoms with Crippen LogP contribution in [0, 0.1) is 0 Å². The Kier molecular flexibility index (Phi) is 5.59. The molecule has 0 radical (unpaired) electrons. The maximum absolute atomic E-state index is 11.5. The molecule has 1 unspecified atom stereocenters. The van der Waals surface area contributed by atoms with E-state index in [0.717, 1.165) is 5.56 Å². The minimum absolute atomic E-state index is 0.0234. The maximum Gasteiger partial charge on any atom is 0.224 e. The normalized spacial score (nSPS) is 12.2. The summed E-state index contributed by atoms with van der Waals surface area (Å²) in [6, 6.07) is 5.20. The van der Waals surface area contributed by atoms with Gasteiger partial charge in [-0.3, -0.25) is 4.79 Å². The van der Waals surface area contributed by atoms with Crippen molar-refractivity contribution in [1.82, 2.24) is 5.32 Å². The second-order valence-electron chi connectivity index (χ2n) is 3.51. The van der Waals surface area contributed by atoms with Gasteiger partial charge in [0.25, 0.3) is 0 Å². The fraction of sp³-hybridized carbons (Fsp3) is 0.364. The van der Waals surface area contributed by atoms with Gasteiger partial charge in [0.1, 0.15) is 0 Å². The van der Waals surface area contributed by atoms with E-state index in [-0.39, 0.29) is 10.7 Å². The van der Waals surface area contributed by atoms with Gasteiger partial charge in [0.15, 0.2) is 0 Å². The number of hydrogen-bond acceptors (Lipinski definition) is 1. The minimum atomic E-state index is -0.0234. The molecule has 1 rings (SSSR count). The van der Waals surface area contributed by atoms with Crippen LogP contribution in [0.1, 0.15) is 12.5 Å². The molecule has 1 N–H and O–H groups in total. The van der Waals surface area contributed by atoms with E-state index in [2.05, 4.69) is 21.2 Å². The first-order valence-corrected chi connectivity index (χ1v) is 6.51. The van der Waals surface area contributed by atoms with Crippen LogP contribution in [0.4, 0.5) is 0 Å². The molecule has 88 valence electrons. The standard InChI is InChI=1S/C11H12BrCl2NO/c1-7(12)6-15-11(16)5-8-2-3-9(13)10(14)4-8/h2-4,7H,5-6H2,1H3,(H,15,16). The van der Waals surface area contributed by atoms with Crippen LogP contribution in [0.25, 0.3) is 0 Å². The van der Waals surface area contributed by atoms with Gasteiger partial charge in [-0.1, -0.05) is 52.1 Å². The summed E-state index contributed by atoms with van der Waals surface area (Å²) in [4.78, 5) is 11.8. The Morgan fingerprint density at radius 1 is 1.44 bits per heavy atom. The number of rotatable bonds is 4. The zero-order valence-corrected chi connectivity index (χ0v) is 11.9.